The molecule has 0 aromatic carbocycles. The lowest BCUT2D eigenvalue weighted by Crippen LogP contribution is -2.13. The van der Waals surface area contributed by atoms with Crippen LogP contribution in [0.4, 0.5) is 0 Å². The summed E-state index contributed by atoms with van der Waals surface area (Å²) in [5.41, 5.74) is 0. The zero-order valence-electron chi connectivity index (χ0n) is 9.50. The number of hydrogen-bond acceptors (Lipinski definition) is 3. The Balaban J connectivity index is 2.88. The first-order valence-electron chi connectivity index (χ1n) is 5.51. The molecule has 0 radical (unpaired) electrons. The van der Waals surface area contributed by atoms with E-state index in [-0.39, 0.29) is 0 Å². The molecule has 0 unspecified atom stereocenters. The van der Waals surface area contributed by atoms with E-state index in [1.54, 1.807) is 5.06 Å². The molecule has 0 aliphatic heterocycles. The molecule has 84 valence electrons. The molecule has 0 N–H and O–H groups in total. The van der Waals surface area contributed by atoms with Gasteiger partial charge in [-0.05, 0) is 12.8 Å². The predicted molar refractivity (Wildman–Crippen MR) is 58.0 cm³/mol. The number of carbonyl (C=O) groups is 1. The number of hydroxylamine groups is 2. The van der Waals surface area contributed by atoms with Gasteiger partial charge in [0.2, 0.25) is 0 Å². The van der Waals surface area contributed by atoms with E-state index < -0.39 is 0 Å². The van der Waals surface area contributed by atoms with Crippen molar-refractivity contribution >= 4 is 6.29 Å². The maximum absolute atomic E-state index is 10.0. The van der Waals surface area contributed by atoms with Crippen molar-refractivity contribution in [2.24, 2.45) is 0 Å². The van der Waals surface area contributed by atoms with E-state index in [9.17, 15) is 4.79 Å². The van der Waals surface area contributed by atoms with E-state index >= 15 is 0 Å². The molecule has 0 saturated heterocycles. The third-order valence-corrected chi connectivity index (χ3v) is 2.07. The number of hydrogen-bond donors (Lipinski definition) is 0. The van der Waals surface area contributed by atoms with Crippen LogP contribution in [0.5, 0.6) is 0 Å². The summed E-state index contributed by atoms with van der Waals surface area (Å²) in [6.45, 7) is 0.821. The maximum Gasteiger partial charge on any atom is 0.119 e. The topological polar surface area (TPSA) is 29.5 Å². The van der Waals surface area contributed by atoms with Gasteiger partial charge in [-0.3, -0.25) is 4.84 Å². The molecule has 0 aliphatic rings. The maximum atomic E-state index is 10.0. The van der Waals surface area contributed by atoms with Gasteiger partial charge in [-0.15, -0.1) is 0 Å². The van der Waals surface area contributed by atoms with Crippen molar-refractivity contribution in [3.63, 3.8) is 0 Å². The molecule has 0 bridgehead atoms. The van der Waals surface area contributed by atoms with Crippen molar-refractivity contribution in [2.75, 3.05) is 20.7 Å². The highest BCUT2D eigenvalue weighted by Crippen LogP contribution is 2.06. The smallest absolute Gasteiger partial charge is 0.119 e. The van der Waals surface area contributed by atoms with Crippen LogP contribution in [0.3, 0.4) is 0 Å². The molecule has 0 aromatic rings. The van der Waals surface area contributed by atoms with Gasteiger partial charge in [-0.25, -0.2) is 0 Å². The van der Waals surface area contributed by atoms with Crippen LogP contribution in [0.25, 0.3) is 0 Å². The quantitative estimate of drug-likeness (QED) is 0.309. The molecule has 0 rings (SSSR count). The van der Waals surface area contributed by atoms with Crippen LogP contribution in [-0.2, 0) is 9.63 Å². The Kier molecular flexibility index (Phi) is 10.4. The van der Waals surface area contributed by atoms with Crippen molar-refractivity contribution < 1.29 is 9.63 Å². The van der Waals surface area contributed by atoms with Crippen LogP contribution in [0.2, 0.25) is 0 Å². The first-order valence-corrected chi connectivity index (χ1v) is 5.51. The van der Waals surface area contributed by atoms with Crippen LogP contribution >= 0.6 is 0 Å². The van der Waals surface area contributed by atoms with E-state index in [0.717, 1.165) is 32.2 Å². The van der Waals surface area contributed by atoms with E-state index in [1.807, 2.05) is 14.1 Å². The second kappa shape index (κ2) is 10.7. The molecular weight excluding hydrogens is 178 g/mol. The third-order valence-electron chi connectivity index (χ3n) is 2.07. The standard InChI is InChI=1S/C11H23NO2/c1-12(2)14-11-9-7-5-3-4-6-8-10-13/h10H,3-9,11H2,1-2H3. The van der Waals surface area contributed by atoms with Gasteiger partial charge in [0.25, 0.3) is 0 Å². The summed E-state index contributed by atoms with van der Waals surface area (Å²) in [4.78, 5) is 15.3. The van der Waals surface area contributed by atoms with Gasteiger partial charge in [0.15, 0.2) is 0 Å². The lowest BCUT2D eigenvalue weighted by Gasteiger charge is -2.09. The second-order valence-electron chi connectivity index (χ2n) is 3.72. The summed E-state index contributed by atoms with van der Waals surface area (Å²) in [5, 5.41) is 1.74. The minimum absolute atomic E-state index is 0.726. The second-order valence-corrected chi connectivity index (χ2v) is 3.72. The molecule has 3 nitrogen and oxygen atoms in total. The largest absolute Gasteiger partial charge is 0.303 e. The number of rotatable bonds is 10. The predicted octanol–water partition coefficient (Wildman–Crippen LogP) is 2.41. The summed E-state index contributed by atoms with van der Waals surface area (Å²) in [6, 6.07) is 0. The van der Waals surface area contributed by atoms with Gasteiger partial charge in [0.1, 0.15) is 6.29 Å². The summed E-state index contributed by atoms with van der Waals surface area (Å²) < 4.78 is 0. The van der Waals surface area contributed by atoms with Gasteiger partial charge in [0.05, 0.1) is 6.61 Å². The molecule has 0 saturated carbocycles. The molecule has 0 aromatic heterocycles. The number of carbonyl (C=O) groups excluding carboxylic acids is 1. The fourth-order valence-corrected chi connectivity index (χ4v) is 1.28. The zero-order chi connectivity index (χ0) is 10.6. The third kappa shape index (κ3) is 11.6. The van der Waals surface area contributed by atoms with Gasteiger partial charge in [0, 0.05) is 20.5 Å². The Morgan fingerprint density at radius 1 is 1.00 bits per heavy atom. The Labute approximate surface area is 87.4 Å². The van der Waals surface area contributed by atoms with Gasteiger partial charge in [-0.1, -0.05) is 25.7 Å². The molecule has 0 amide bonds. The number of aldehydes is 1. The van der Waals surface area contributed by atoms with E-state index in [0.29, 0.717) is 0 Å². The summed E-state index contributed by atoms with van der Waals surface area (Å²) >= 11 is 0. The van der Waals surface area contributed by atoms with Crippen molar-refractivity contribution in [1.29, 1.82) is 0 Å². The van der Waals surface area contributed by atoms with Crippen LogP contribution in [0, 0.1) is 0 Å². The summed E-state index contributed by atoms with van der Waals surface area (Å²) in [5.74, 6) is 0. The lowest BCUT2D eigenvalue weighted by atomic mass is 10.1. The molecule has 0 aliphatic carbocycles. The molecule has 3 heteroatoms. The van der Waals surface area contributed by atoms with Gasteiger partial charge >= 0.3 is 0 Å². The van der Waals surface area contributed by atoms with Crippen LogP contribution in [0.1, 0.15) is 44.9 Å². The Hall–Kier alpha value is -0.410. The molecule has 0 heterocycles. The molecule has 14 heavy (non-hydrogen) atoms. The first kappa shape index (κ1) is 13.6. The van der Waals surface area contributed by atoms with Crippen LogP contribution in [-0.4, -0.2) is 32.1 Å². The Morgan fingerprint density at radius 3 is 2.14 bits per heavy atom. The number of nitrogens with zero attached hydrogens (tertiary/aromatic N) is 1. The number of unbranched alkanes of at least 4 members (excludes halogenated alkanes) is 6. The lowest BCUT2D eigenvalue weighted by molar-refractivity contribution is -0.120. The normalized spacial score (nSPS) is 10.8. The molecule has 0 atom stereocenters. The zero-order valence-corrected chi connectivity index (χ0v) is 9.50. The fraction of sp³-hybridized carbons (Fsp3) is 0.909. The van der Waals surface area contributed by atoms with Crippen LogP contribution < -0.4 is 0 Å². The Morgan fingerprint density at radius 2 is 1.57 bits per heavy atom. The summed E-state index contributed by atoms with van der Waals surface area (Å²) in [6.07, 6.45) is 8.84. The average molecular weight is 201 g/mol. The fourth-order valence-electron chi connectivity index (χ4n) is 1.28. The minimum Gasteiger partial charge on any atom is -0.303 e. The molecular formula is C11H23NO2. The van der Waals surface area contributed by atoms with Gasteiger partial charge in [-0.2, -0.15) is 5.06 Å². The van der Waals surface area contributed by atoms with Crippen molar-refractivity contribution in [1.82, 2.24) is 5.06 Å². The Bertz CT molecular complexity index is 126. The molecule has 0 spiro atoms. The van der Waals surface area contributed by atoms with E-state index in [4.69, 9.17) is 4.84 Å². The van der Waals surface area contributed by atoms with Crippen LogP contribution in [0.15, 0.2) is 0 Å². The summed E-state index contributed by atoms with van der Waals surface area (Å²) in [7, 11) is 3.80. The average Bonchev–Trinajstić information content (AvgIpc) is 2.15. The van der Waals surface area contributed by atoms with E-state index in [2.05, 4.69) is 0 Å². The highest BCUT2D eigenvalue weighted by atomic mass is 16.7. The highest BCUT2D eigenvalue weighted by molar-refractivity contribution is 5.48. The monoisotopic (exact) mass is 201 g/mol. The SMILES string of the molecule is CN(C)OCCCCCCCCC=O. The van der Waals surface area contributed by atoms with E-state index in [1.165, 1.54) is 25.7 Å². The van der Waals surface area contributed by atoms with Gasteiger partial charge < -0.3 is 4.79 Å². The van der Waals surface area contributed by atoms with Crippen molar-refractivity contribution in [3.8, 4) is 0 Å². The highest BCUT2D eigenvalue weighted by Gasteiger charge is 1.92. The van der Waals surface area contributed by atoms with Crippen molar-refractivity contribution in [3.05, 3.63) is 0 Å². The van der Waals surface area contributed by atoms with Crippen molar-refractivity contribution in [2.45, 2.75) is 44.9 Å². The molecule has 0 fully saturated rings. The minimum atomic E-state index is 0.726. The first-order chi connectivity index (χ1) is 6.77.